The normalized spacial score (nSPS) is 9.50. The summed E-state index contributed by atoms with van der Waals surface area (Å²) in [4.78, 5) is 18.9. The Kier molecular flexibility index (Phi) is 23.4. The van der Waals surface area contributed by atoms with E-state index in [1.165, 1.54) is 12.8 Å². The molecule has 1 atom stereocenters. The second kappa shape index (κ2) is 17.7. The SMILES string of the molecule is CCCC(C)N(C)C.N=C=O.N=C=O. The van der Waals surface area contributed by atoms with Crippen LogP contribution in [0.4, 0.5) is 0 Å². The van der Waals surface area contributed by atoms with E-state index in [-0.39, 0.29) is 0 Å². The van der Waals surface area contributed by atoms with Gasteiger partial charge in [0.2, 0.25) is 12.2 Å². The molecule has 0 saturated carbocycles. The summed E-state index contributed by atoms with van der Waals surface area (Å²) in [5.41, 5.74) is 0. The molecule has 14 heavy (non-hydrogen) atoms. The van der Waals surface area contributed by atoms with Gasteiger partial charge in [0.1, 0.15) is 0 Å². The number of hydrogen-bond donors (Lipinski definition) is 2. The van der Waals surface area contributed by atoms with E-state index >= 15 is 0 Å². The van der Waals surface area contributed by atoms with Crippen LogP contribution in [0.1, 0.15) is 26.7 Å². The van der Waals surface area contributed by atoms with Gasteiger partial charge in [0.05, 0.1) is 0 Å². The van der Waals surface area contributed by atoms with Crippen LogP contribution < -0.4 is 0 Å². The molecule has 0 aromatic carbocycles. The van der Waals surface area contributed by atoms with E-state index in [0.29, 0.717) is 0 Å². The van der Waals surface area contributed by atoms with E-state index in [4.69, 9.17) is 20.4 Å². The Hall–Kier alpha value is -1.28. The zero-order valence-electron chi connectivity index (χ0n) is 9.26. The zero-order chi connectivity index (χ0) is 12.0. The van der Waals surface area contributed by atoms with E-state index in [0.717, 1.165) is 18.2 Å². The molecule has 5 heteroatoms. The number of isocyanates is 2. The van der Waals surface area contributed by atoms with Gasteiger partial charge >= 0.3 is 0 Å². The molecular formula is C9H19N3O2. The van der Waals surface area contributed by atoms with Crippen LogP contribution in [0.2, 0.25) is 0 Å². The Morgan fingerprint density at radius 3 is 1.57 bits per heavy atom. The molecule has 0 rings (SSSR count). The highest BCUT2D eigenvalue weighted by Crippen LogP contribution is 1.99. The molecule has 0 aliphatic heterocycles. The van der Waals surface area contributed by atoms with Crippen LogP contribution >= 0.6 is 0 Å². The highest BCUT2D eigenvalue weighted by molar-refractivity contribution is 5.26. The number of rotatable bonds is 3. The van der Waals surface area contributed by atoms with Crippen molar-refractivity contribution in [2.75, 3.05) is 14.1 Å². The molecule has 0 aromatic heterocycles. The average Bonchev–Trinajstić information content (AvgIpc) is 2.07. The van der Waals surface area contributed by atoms with Crippen LogP contribution in [-0.4, -0.2) is 37.2 Å². The molecule has 5 nitrogen and oxygen atoms in total. The second-order valence-electron chi connectivity index (χ2n) is 2.81. The van der Waals surface area contributed by atoms with Gasteiger partial charge in [-0.05, 0) is 27.4 Å². The summed E-state index contributed by atoms with van der Waals surface area (Å²) in [6.45, 7) is 4.48. The van der Waals surface area contributed by atoms with Crippen molar-refractivity contribution in [2.45, 2.75) is 32.7 Å². The van der Waals surface area contributed by atoms with Crippen molar-refractivity contribution in [1.82, 2.24) is 4.90 Å². The van der Waals surface area contributed by atoms with Crippen molar-refractivity contribution in [3.05, 3.63) is 0 Å². The maximum Gasteiger partial charge on any atom is 0.231 e. The molecule has 0 bridgehead atoms. The molecule has 0 heterocycles. The third-order valence-corrected chi connectivity index (χ3v) is 1.59. The average molecular weight is 201 g/mol. The van der Waals surface area contributed by atoms with Gasteiger partial charge in [-0.15, -0.1) is 0 Å². The summed E-state index contributed by atoms with van der Waals surface area (Å²) in [6.07, 6.45) is 4.10. The predicted molar refractivity (Wildman–Crippen MR) is 54.9 cm³/mol. The van der Waals surface area contributed by atoms with Gasteiger partial charge in [-0.3, -0.25) is 0 Å². The lowest BCUT2D eigenvalue weighted by atomic mass is 10.2. The van der Waals surface area contributed by atoms with Crippen LogP contribution in [0.5, 0.6) is 0 Å². The first-order valence-electron chi connectivity index (χ1n) is 4.25. The van der Waals surface area contributed by atoms with Crippen molar-refractivity contribution in [1.29, 1.82) is 10.8 Å². The molecule has 2 N–H and O–H groups in total. The van der Waals surface area contributed by atoms with Crippen molar-refractivity contribution >= 4 is 12.2 Å². The van der Waals surface area contributed by atoms with Crippen LogP contribution in [-0.2, 0) is 9.59 Å². The lowest BCUT2D eigenvalue weighted by Gasteiger charge is -2.17. The molecule has 0 spiro atoms. The molecule has 0 radical (unpaired) electrons. The molecule has 0 fully saturated rings. The number of hydrogen-bond acceptors (Lipinski definition) is 5. The van der Waals surface area contributed by atoms with Gasteiger partial charge in [0.15, 0.2) is 0 Å². The topological polar surface area (TPSA) is 85.1 Å². The van der Waals surface area contributed by atoms with Crippen molar-refractivity contribution in [2.24, 2.45) is 0 Å². The third-order valence-electron chi connectivity index (χ3n) is 1.59. The Labute approximate surface area is 85.1 Å². The number of nitrogens with one attached hydrogen (secondary N) is 2. The van der Waals surface area contributed by atoms with Gasteiger partial charge in [-0.25, -0.2) is 20.4 Å². The summed E-state index contributed by atoms with van der Waals surface area (Å²) in [5.74, 6) is 0. The maximum atomic E-state index is 8.35. The quantitative estimate of drug-likeness (QED) is 0.536. The number of carbonyl (C=O) groups excluding carboxylic acids is 2. The molecule has 0 aromatic rings. The maximum absolute atomic E-state index is 8.35. The van der Waals surface area contributed by atoms with Crippen LogP contribution in [0.15, 0.2) is 0 Å². The molecule has 82 valence electrons. The molecule has 1 unspecified atom stereocenters. The molecular weight excluding hydrogens is 182 g/mol. The first kappa shape index (κ1) is 18.5. The molecule has 0 aliphatic carbocycles. The van der Waals surface area contributed by atoms with E-state index in [2.05, 4.69) is 32.8 Å². The van der Waals surface area contributed by atoms with Crippen LogP contribution in [0, 0.1) is 10.8 Å². The molecule has 0 saturated heterocycles. The highest BCUT2D eigenvalue weighted by atomic mass is 16.1. The first-order chi connectivity index (χ1) is 6.51. The van der Waals surface area contributed by atoms with Crippen molar-refractivity contribution < 1.29 is 9.59 Å². The van der Waals surface area contributed by atoms with Gasteiger partial charge in [0.25, 0.3) is 0 Å². The largest absolute Gasteiger partial charge is 0.307 e. The minimum atomic E-state index is 0.750. The lowest BCUT2D eigenvalue weighted by Crippen LogP contribution is -2.23. The van der Waals surface area contributed by atoms with Crippen LogP contribution in [0.3, 0.4) is 0 Å². The van der Waals surface area contributed by atoms with Gasteiger partial charge in [0, 0.05) is 6.04 Å². The van der Waals surface area contributed by atoms with E-state index in [9.17, 15) is 0 Å². The fraction of sp³-hybridized carbons (Fsp3) is 0.778. The summed E-state index contributed by atoms with van der Waals surface area (Å²) in [5, 5.41) is 10.8. The summed E-state index contributed by atoms with van der Waals surface area (Å²) < 4.78 is 0. The minimum Gasteiger partial charge on any atom is -0.307 e. The highest BCUT2D eigenvalue weighted by Gasteiger charge is 1.99. The van der Waals surface area contributed by atoms with E-state index < -0.39 is 0 Å². The standard InChI is InChI=1S/C7H17N.2CHNO/c1-5-6-7(2)8(3)4;2*2-1-3/h7H,5-6H2,1-4H3;2*2H. The molecule has 0 aliphatic rings. The van der Waals surface area contributed by atoms with E-state index in [1.807, 2.05) is 0 Å². The summed E-state index contributed by atoms with van der Waals surface area (Å²) >= 11 is 0. The fourth-order valence-corrected chi connectivity index (χ4v) is 0.676. The van der Waals surface area contributed by atoms with Crippen LogP contribution in [0.25, 0.3) is 0 Å². The monoisotopic (exact) mass is 201 g/mol. The molecule has 0 amide bonds. The Balaban J connectivity index is -0.000000168. The lowest BCUT2D eigenvalue weighted by molar-refractivity contribution is 0.297. The predicted octanol–water partition coefficient (Wildman–Crippen LogP) is 1.54. The third kappa shape index (κ3) is 31.0. The summed E-state index contributed by atoms with van der Waals surface area (Å²) in [7, 11) is 4.25. The van der Waals surface area contributed by atoms with Gasteiger partial charge in [-0.1, -0.05) is 13.3 Å². The Morgan fingerprint density at radius 1 is 1.21 bits per heavy atom. The van der Waals surface area contributed by atoms with Gasteiger partial charge < -0.3 is 4.90 Å². The minimum absolute atomic E-state index is 0.750. The van der Waals surface area contributed by atoms with E-state index in [1.54, 1.807) is 0 Å². The second-order valence-corrected chi connectivity index (χ2v) is 2.81. The van der Waals surface area contributed by atoms with Crippen molar-refractivity contribution in [3.8, 4) is 0 Å². The fourth-order valence-electron chi connectivity index (χ4n) is 0.676. The summed E-state index contributed by atoms with van der Waals surface area (Å²) in [6, 6.07) is 0.750. The Bertz CT molecular complexity index is 157. The Morgan fingerprint density at radius 2 is 1.50 bits per heavy atom. The number of nitrogens with zero attached hydrogens (tertiary/aromatic N) is 1. The first-order valence-corrected chi connectivity index (χ1v) is 4.25. The van der Waals surface area contributed by atoms with Crippen molar-refractivity contribution in [3.63, 3.8) is 0 Å². The zero-order valence-corrected chi connectivity index (χ0v) is 9.26. The smallest absolute Gasteiger partial charge is 0.231 e. The van der Waals surface area contributed by atoms with Gasteiger partial charge in [-0.2, -0.15) is 0 Å².